The van der Waals surface area contributed by atoms with Gasteiger partial charge >= 0.3 is 0 Å². The predicted octanol–water partition coefficient (Wildman–Crippen LogP) is 6.28. The average molecular weight is 449 g/mol. The monoisotopic (exact) mass is 448 g/mol. The Morgan fingerprint density at radius 2 is 1.77 bits per heavy atom. The molecule has 0 saturated carbocycles. The van der Waals surface area contributed by atoms with E-state index in [0.717, 1.165) is 43.4 Å². The summed E-state index contributed by atoms with van der Waals surface area (Å²) in [5.41, 5.74) is 7.21. The fraction of sp³-hybridized carbons (Fsp3) is 0.208. The molecule has 0 radical (unpaired) electrons. The van der Waals surface area contributed by atoms with E-state index in [2.05, 4.69) is 51.3 Å². The van der Waals surface area contributed by atoms with Gasteiger partial charge in [-0.05, 0) is 57.5 Å². The van der Waals surface area contributed by atoms with Crippen LogP contribution in [0.1, 0.15) is 32.9 Å². The van der Waals surface area contributed by atoms with Gasteiger partial charge in [0.1, 0.15) is 0 Å². The zero-order valence-corrected chi connectivity index (χ0v) is 19.6. The number of carbonyl (C=O) groups excluding carboxylic acids is 1. The number of aromatic nitrogens is 3. The molecule has 2 aromatic carbocycles. The number of carbonyl (C=O) groups is 1. The Morgan fingerprint density at radius 1 is 1.03 bits per heavy atom. The number of hydrogen-bond donors (Lipinski definition) is 1. The Bertz CT molecular complexity index is 1220. The number of nitrogens with zero attached hydrogens (tertiary/aromatic N) is 3. The van der Waals surface area contributed by atoms with Gasteiger partial charge in [0.05, 0.1) is 5.75 Å². The molecule has 1 N–H and O–H groups in total. The van der Waals surface area contributed by atoms with Crippen LogP contribution >= 0.6 is 23.1 Å². The van der Waals surface area contributed by atoms with Crippen LogP contribution in [-0.2, 0) is 0 Å². The lowest BCUT2D eigenvalue weighted by molar-refractivity contribution is 0.102. The largest absolute Gasteiger partial charge is 0.330 e. The fourth-order valence-electron chi connectivity index (χ4n) is 3.49. The van der Waals surface area contributed by atoms with Gasteiger partial charge in [-0.15, -0.1) is 10.2 Å². The molecule has 158 valence electrons. The molecule has 7 heteroatoms. The van der Waals surface area contributed by atoms with Crippen LogP contribution in [0.3, 0.4) is 0 Å². The van der Waals surface area contributed by atoms with E-state index in [4.69, 9.17) is 0 Å². The molecule has 0 unspecified atom stereocenters. The summed E-state index contributed by atoms with van der Waals surface area (Å²) < 4.78 is 2.91. The Labute approximate surface area is 190 Å². The van der Waals surface area contributed by atoms with Crippen LogP contribution in [0.4, 0.5) is 10.8 Å². The van der Waals surface area contributed by atoms with Gasteiger partial charge in [0.25, 0.3) is 0 Å². The molecule has 2 heterocycles. The minimum atomic E-state index is 0.0973. The van der Waals surface area contributed by atoms with E-state index < -0.39 is 0 Å². The molecule has 0 atom stereocenters. The number of Topliss-reactive ketones (excluding diaryl/α,β-unsaturated/α-hetero) is 1. The lowest BCUT2D eigenvalue weighted by Crippen LogP contribution is -2.05. The van der Waals surface area contributed by atoms with Crippen molar-refractivity contribution in [3.63, 3.8) is 0 Å². The van der Waals surface area contributed by atoms with Gasteiger partial charge in [-0.2, -0.15) is 0 Å². The Hall–Kier alpha value is -2.90. The van der Waals surface area contributed by atoms with Gasteiger partial charge in [0.15, 0.2) is 10.1 Å². The zero-order chi connectivity index (χ0) is 22.0. The minimum absolute atomic E-state index is 0.0973. The number of thioether (sulfide) groups is 1. The minimum Gasteiger partial charge on any atom is -0.330 e. The SMILES string of the molecule is Cc1ccc(-n2c(C)cc(C(=O)CSc3nnc(Nc4ccccc4C)s3)c2C)cc1. The average Bonchev–Trinajstić information content (AvgIpc) is 3.32. The van der Waals surface area contributed by atoms with Crippen LogP contribution in [0.5, 0.6) is 0 Å². The fourth-order valence-corrected chi connectivity index (χ4v) is 5.14. The van der Waals surface area contributed by atoms with Crippen LogP contribution in [0.25, 0.3) is 5.69 Å². The highest BCUT2D eigenvalue weighted by Gasteiger charge is 2.18. The molecule has 0 spiro atoms. The molecular formula is C24H24N4OS2. The van der Waals surface area contributed by atoms with E-state index in [9.17, 15) is 4.79 Å². The van der Waals surface area contributed by atoms with Crippen LogP contribution in [0.15, 0.2) is 58.9 Å². The summed E-state index contributed by atoms with van der Waals surface area (Å²) in [6, 6.07) is 18.4. The Balaban J connectivity index is 1.44. The molecule has 0 bridgehead atoms. The molecule has 5 nitrogen and oxygen atoms in total. The molecule has 31 heavy (non-hydrogen) atoms. The first-order valence-electron chi connectivity index (χ1n) is 10.0. The molecule has 0 aliphatic carbocycles. The molecule has 4 rings (SSSR count). The zero-order valence-electron chi connectivity index (χ0n) is 18.0. The molecule has 0 saturated heterocycles. The van der Waals surface area contributed by atoms with E-state index >= 15 is 0 Å². The van der Waals surface area contributed by atoms with Crippen molar-refractivity contribution in [1.29, 1.82) is 0 Å². The van der Waals surface area contributed by atoms with Crippen molar-refractivity contribution >= 4 is 39.7 Å². The molecule has 4 aromatic rings. The van der Waals surface area contributed by atoms with Gasteiger partial charge in [0.2, 0.25) is 5.13 Å². The lowest BCUT2D eigenvalue weighted by Gasteiger charge is -2.10. The number of para-hydroxylation sites is 1. The summed E-state index contributed by atoms with van der Waals surface area (Å²) in [5, 5.41) is 12.4. The smallest absolute Gasteiger partial charge is 0.210 e. The third-order valence-electron chi connectivity index (χ3n) is 5.14. The second kappa shape index (κ2) is 9.08. The molecule has 0 aliphatic heterocycles. The quantitative estimate of drug-likeness (QED) is 0.266. The Morgan fingerprint density at radius 3 is 2.52 bits per heavy atom. The maximum Gasteiger partial charge on any atom is 0.210 e. The van der Waals surface area contributed by atoms with Crippen molar-refractivity contribution in [2.75, 3.05) is 11.1 Å². The Kier molecular flexibility index (Phi) is 6.25. The number of rotatable bonds is 7. The molecule has 0 aliphatic rings. The standard InChI is InChI=1S/C24H24N4OS2/c1-15-9-11-19(12-10-15)28-17(3)13-20(18(28)4)22(29)14-30-24-27-26-23(31-24)25-21-8-6-5-7-16(21)2/h5-13H,14H2,1-4H3,(H,25,26). The maximum atomic E-state index is 12.9. The van der Waals surface area contributed by atoms with Crippen LogP contribution in [-0.4, -0.2) is 26.3 Å². The first-order valence-corrected chi connectivity index (χ1v) is 11.8. The first kappa shape index (κ1) is 21.3. The van der Waals surface area contributed by atoms with Crippen LogP contribution in [0.2, 0.25) is 0 Å². The third-order valence-corrected chi connectivity index (χ3v) is 7.12. The highest BCUT2D eigenvalue weighted by atomic mass is 32.2. The summed E-state index contributed by atoms with van der Waals surface area (Å²) in [6.07, 6.45) is 0. The van der Waals surface area contributed by atoms with Crippen molar-refractivity contribution in [3.05, 3.63) is 82.7 Å². The molecular weight excluding hydrogens is 424 g/mol. The van der Waals surface area contributed by atoms with Gasteiger partial charge in [-0.3, -0.25) is 4.79 Å². The normalized spacial score (nSPS) is 11.0. The predicted molar refractivity (Wildman–Crippen MR) is 129 cm³/mol. The van der Waals surface area contributed by atoms with E-state index in [0.29, 0.717) is 5.75 Å². The van der Waals surface area contributed by atoms with Gasteiger partial charge < -0.3 is 9.88 Å². The number of nitrogens with one attached hydrogen (secondary N) is 1. The number of anilines is 2. The highest BCUT2D eigenvalue weighted by molar-refractivity contribution is 8.01. The van der Waals surface area contributed by atoms with E-state index in [1.165, 1.54) is 28.7 Å². The second-order valence-electron chi connectivity index (χ2n) is 7.48. The van der Waals surface area contributed by atoms with Crippen molar-refractivity contribution in [2.24, 2.45) is 0 Å². The maximum absolute atomic E-state index is 12.9. The van der Waals surface area contributed by atoms with Gasteiger partial charge in [0, 0.05) is 28.3 Å². The first-order chi connectivity index (χ1) is 14.9. The second-order valence-corrected chi connectivity index (χ2v) is 9.68. The summed E-state index contributed by atoms with van der Waals surface area (Å²) in [5.74, 6) is 0.428. The van der Waals surface area contributed by atoms with Crippen molar-refractivity contribution in [1.82, 2.24) is 14.8 Å². The number of hydrogen-bond acceptors (Lipinski definition) is 6. The highest BCUT2D eigenvalue weighted by Crippen LogP contribution is 2.30. The summed E-state index contributed by atoms with van der Waals surface area (Å²) in [4.78, 5) is 12.9. The summed E-state index contributed by atoms with van der Waals surface area (Å²) >= 11 is 2.88. The molecule has 2 aromatic heterocycles. The molecule has 0 fully saturated rings. The van der Waals surface area contributed by atoms with Gasteiger partial charge in [-0.1, -0.05) is 59.0 Å². The van der Waals surface area contributed by atoms with E-state index in [1.807, 2.05) is 51.1 Å². The summed E-state index contributed by atoms with van der Waals surface area (Å²) in [6.45, 7) is 8.15. The third kappa shape index (κ3) is 4.73. The van der Waals surface area contributed by atoms with Crippen molar-refractivity contribution in [2.45, 2.75) is 32.0 Å². The topological polar surface area (TPSA) is 59.8 Å². The number of ketones is 1. The molecule has 0 amide bonds. The van der Waals surface area contributed by atoms with Crippen LogP contribution in [0, 0.1) is 27.7 Å². The number of aryl methyl sites for hydroxylation is 3. The van der Waals surface area contributed by atoms with E-state index in [-0.39, 0.29) is 5.78 Å². The lowest BCUT2D eigenvalue weighted by atomic mass is 10.2. The van der Waals surface area contributed by atoms with Crippen LogP contribution < -0.4 is 5.32 Å². The van der Waals surface area contributed by atoms with Crippen molar-refractivity contribution < 1.29 is 4.79 Å². The van der Waals surface area contributed by atoms with Gasteiger partial charge in [-0.25, -0.2) is 0 Å². The van der Waals surface area contributed by atoms with E-state index in [1.54, 1.807) is 0 Å². The van der Waals surface area contributed by atoms with Crippen molar-refractivity contribution in [3.8, 4) is 5.69 Å². The number of benzene rings is 2. The summed E-state index contributed by atoms with van der Waals surface area (Å²) in [7, 11) is 0.